The monoisotopic (exact) mass is 382 g/mol. The zero-order chi connectivity index (χ0) is 19.2. The van der Waals surface area contributed by atoms with E-state index in [1.807, 2.05) is 44.3 Å². The van der Waals surface area contributed by atoms with Crippen LogP contribution in [0.2, 0.25) is 5.02 Å². The number of nitrogens with zero attached hydrogens (tertiary/aromatic N) is 3. The molecule has 2 heterocycles. The van der Waals surface area contributed by atoms with Crippen molar-refractivity contribution in [2.24, 2.45) is 0 Å². The van der Waals surface area contributed by atoms with E-state index in [-0.39, 0.29) is 11.3 Å². The maximum absolute atomic E-state index is 11.6. The van der Waals surface area contributed by atoms with Crippen LogP contribution < -0.4 is 5.32 Å². The molecule has 1 aliphatic carbocycles. The summed E-state index contributed by atoms with van der Waals surface area (Å²) in [5.74, 6) is 0.880. The molecule has 0 bridgehead atoms. The average molecular weight is 383 g/mol. The van der Waals surface area contributed by atoms with Gasteiger partial charge in [-0.25, -0.2) is 0 Å². The quantitative estimate of drug-likeness (QED) is 0.734. The molecule has 3 aromatic rings. The summed E-state index contributed by atoms with van der Waals surface area (Å²) in [6, 6.07) is 12.0. The summed E-state index contributed by atoms with van der Waals surface area (Å²) < 4.78 is 2.08. The van der Waals surface area contributed by atoms with Crippen molar-refractivity contribution in [2.75, 3.05) is 0 Å². The second-order valence-electron chi connectivity index (χ2n) is 7.89. The molecule has 6 heteroatoms. The number of rotatable bonds is 4. The maximum Gasteiger partial charge on any atom is 0.217 e. The molecule has 0 radical (unpaired) electrons. The van der Waals surface area contributed by atoms with Gasteiger partial charge in [0.1, 0.15) is 5.82 Å². The van der Waals surface area contributed by atoms with E-state index < -0.39 is 5.54 Å². The van der Waals surface area contributed by atoms with Crippen LogP contribution in [0.5, 0.6) is 0 Å². The largest absolute Gasteiger partial charge is 0.347 e. The number of hydrogen-bond acceptors (Lipinski definition) is 3. The van der Waals surface area contributed by atoms with Crippen LogP contribution in [0.15, 0.2) is 42.6 Å². The molecular formula is C21H23ClN4O. The summed E-state index contributed by atoms with van der Waals surface area (Å²) in [6.07, 6.45) is 5.24. The average Bonchev–Trinajstić information content (AvgIpc) is 2.99. The Morgan fingerprint density at radius 1 is 1.19 bits per heavy atom. The third kappa shape index (κ3) is 2.90. The zero-order valence-corrected chi connectivity index (χ0v) is 16.5. The Morgan fingerprint density at radius 3 is 2.48 bits per heavy atom. The maximum atomic E-state index is 11.6. The first-order valence-electron chi connectivity index (χ1n) is 9.23. The Hall–Kier alpha value is -2.40. The summed E-state index contributed by atoms with van der Waals surface area (Å²) in [6.45, 7) is 5.49. The number of fused-ring (bicyclic) bond motifs is 1. The van der Waals surface area contributed by atoms with Crippen molar-refractivity contribution in [3.63, 3.8) is 0 Å². The minimum Gasteiger partial charge on any atom is -0.347 e. The minimum absolute atomic E-state index is 0.0710. The fraction of sp³-hybridized carbons (Fsp3) is 0.381. The Morgan fingerprint density at radius 2 is 1.89 bits per heavy atom. The highest BCUT2D eigenvalue weighted by Gasteiger charge is 2.44. The van der Waals surface area contributed by atoms with E-state index in [0.717, 1.165) is 41.3 Å². The van der Waals surface area contributed by atoms with Crippen LogP contribution in [0.1, 0.15) is 57.0 Å². The van der Waals surface area contributed by atoms with Crippen LogP contribution in [-0.4, -0.2) is 20.5 Å². The fourth-order valence-electron chi connectivity index (χ4n) is 4.18. The Bertz CT molecular complexity index is 1000. The molecule has 5 nitrogen and oxygen atoms in total. The Balaban J connectivity index is 1.85. The summed E-state index contributed by atoms with van der Waals surface area (Å²) >= 11 is 6.09. The molecule has 1 N–H and O–H groups in total. The molecular weight excluding hydrogens is 360 g/mol. The molecule has 1 aromatic carbocycles. The second-order valence-corrected chi connectivity index (χ2v) is 8.32. The molecule has 1 fully saturated rings. The zero-order valence-electron chi connectivity index (χ0n) is 15.8. The van der Waals surface area contributed by atoms with Crippen molar-refractivity contribution in [3.8, 4) is 0 Å². The Labute approximate surface area is 163 Å². The van der Waals surface area contributed by atoms with Crippen LogP contribution in [-0.2, 0) is 15.7 Å². The van der Waals surface area contributed by atoms with Gasteiger partial charge in [-0.1, -0.05) is 36.2 Å². The third-order valence-electron chi connectivity index (χ3n) is 5.63. The van der Waals surface area contributed by atoms with E-state index >= 15 is 0 Å². The van der Waals surface area contributed by atoms with Gasteiger partial charge in [0.05, 0.1) is 11.0 Å². The van der Waals surface area contributed by atoms with Crippen LogP contribution in [0.4, 0.5) is 0 Å². The van der Waals surface area contributed by atoms with Gasteiger partial charge in [-0.3, -0.25) is 9.20 Å². The standard InChI is InChI=1S/C21H23ClN4O/c1-14(27)23-20(2,3)17-6-4-13-26-18(17)24-25-19(26)21(11-5-12-21)15-7-9-16(22)10-8-15/h4,6-10,13H,5,11-12H2,1-3H3,(H,23,27). The van der Waals surface area contributed by atoms with Gasteiger partial charge >= 0.3 is 0 Å². The summed E-state index contributed by atoms with van der Waals surface area (Å²) in [7, 11) is 0. The smallest absolute Gasteiger partial charge is 0.217 e. The highest BCUT2D eigenvalue weighted by Crippen LogP contribution is 2.48. The summed E-state index contributed by atoms with van der Waals surface area (Å²) in [4.78, 5) is 11.6. The van der Waals surface area contributed by atoms with Gasteiger partial charge in [0.15, 0.2) is 5.65 Å². The molecule has 1 aliphatic rings. The van der Waals surface area contributed by atoms with E-state index in [4.69, 9.17) is 11.6 Å². The molecule has 1 amide bonds. The van der Waals surface area contributed by atoms with Crippen molar-refractivity contribution in [1.29, 1.82) is 0 Å². The molecule has 0 atom stereocenters. The number of pyridine rings is 1. The second kappa shape index (κ2) is 6.34. The molecule has 27 heavy (non-hydrogen) atoms. The molecule has 2 aromatic heterocycles. The van der Waals surface area contributed by atoms with Crippen molar-refractivity contribution in [2.45, 2.75) is 51.0 Å². The summed E-state index contributed by atoms with van der Waals surface area (Å²) in [5, 5.41) is 12.9. The third-order valence-corrected chi connectivity index (χ3v) is 5.88. The van der Waals surface area contributed by atoms with Crippen LogP contribution >= 0.6 is 11.6 Å². The highest BCUT2D eigenvalue weighted by atomic mass is 35.5. The van der Waals surface area contributed by atoms with E-state index in [9.17, 15) is 4.79 Å². The first-order valence-corrected chi connectivity index (χ1v) is 9.61. The molecule has 0 aliphatic heterocycles. The number of carbonyl (C=O) groups is 1. The first-order chi connectivity index (χ1) is 12.8. The topological polar surface area (TPSA) is 59.3 Å². The Kier molecular flexibility index (Phi) is 4.22. The van der Waals surface area contributed by atoms with Gasteiger partial charge in [0.2, 0.25) is 5.91 Å². The number of carbonyl (C=O) groups excluding carboxylic acids is 1. The fourth-order valence-corrected chi connectivity index (χ4v) is 4.30. The van der Waals surface area contributed by atoms with Gasteiger partial charge < -0.3 is 5.32 Å². The van der Waals surface area contributed by atoms with E-state index in [1.54, 1.807) is 0 Å². The van der Waals surface area contributed by atoms with Gasteiger partial charge in [-0.05, 0) is 50.5 Å². The van der Waals surface area contributed by atoms with E-state index in [2.05, 4.69) is 32.0 Å². The van der Waals surface area contributed by atoms with Crippen molar-refractivity contribution < 1.29 is 4.79 Å². The van der Waals surface area contributed by atoms with Gasteiger partial charge in [-0.2, -0.15) is 0 Å². The number of benzene rings is 1. The van der Waals surface area contributed by atoms with Crippen LogP contribution in [0.3, 0.4) is 0 Å². The predicted molar refractivity (Wildman–Crippen MR) is 106 cm³/mol. The van der Waals surface area contributed by atoms with Gasteiger partial charge in [0, 0.05) is 23.7 Å². The molecule has 0 unspecified atom stereocenters. The minimum atomic E-state index is -0.536. The van der Waals surface area contributed by atoms with Gasteiger partial charge in [-0.15, -0.1) is 10.2 Å². The van der Waals surface area contributed by atoms with Crippen molar-refractivity contribution in [1.82, 2.24) is 19.9 Å². The first kappa shape index (κ1) is 18.0. The summed E-state index contributed by atoms with van der Waals surface area (Å²) in [5.41, 5.74) is 2.28. The molecule has 0 spiro atoms. The molecule has 0 saturated heterocycles. The predicted octanol–water partition coefficient (Wildman–Crippen LogP) is 4.22. The number of amides is 1. The van der Waals surface area contributed by atoms with E-state index in [1.165, 1.54) is 12.5 Å². The SMILES string of the molecule is CC(=O)NC(C)(C)c1cccn2c(C3(c4ccc(Cl)cc4)CCC3)nnc12. The molecule has 1 saturated carbocycles. The lowest BCUT2D eigenvalue weighted by Gasteiger charge is -2.41. The highest BCUT2D eigenvalue weighted by molar-refractivity contribution is 6.30. The number of nitrogens with one attached hydrogen (secondary N) is 1. The van der Waals surface area contributed by atoms with Crippen molar-refractivity contribution in [3.05, 3.63) is 64.6 Å². The van der Waals surface area contributed by atoms with Gasteiger partial charge in [0.25, 0.3) is 0 Å². The van der Waals surface area contributed by atoms with Crippen LogP contribution in [0, 0.1) is 0 Å². The number of halogens is 1. The lowest BCUT2D eigenvalue weighted by Crippen LogP contribution is -2.40. The molecule has 4 rings (SSSR count). The van der Waals surface area contributed by atoms with Crippen molar-refractivity contribution >= 4 is 23.2 Å². The van der Waals surface area contributed by atoms with E-state index in [0.29, 0.717) is 0 Å². The number of aromatic nitrogens is 3. The molecule has 140 valence electrons. The lowest BCUT2D eigenvalue weighted by molar-refractivity contribution is -0.120. The number of hydrogen-bond donors (Lipinski definition) is 1. The normalized spacial score (nSPS) is 16.1. The lowest BCUT2D eigenvalue weighted by atomic mass is 9.64. The van der Waals surface area contributed by atoms with Crippen LogP contribution in [0.25, 0.3) is 5.65 Å².